The number of rotatable bonds is 9. The highest BCUT2D eigenvalue weighted by atomic mass is 16.1. The molecule has 0 aliphatic heterocycles. The summed E-state index contributed by atoms with van der Waals surface area (Å²) in [6.07, 6.45) is 11.5. The lowest BCUT2D eigenvalue weighted by molar-refractivity contribution is 0.453. The Labute approximate surface area is 143 Å². The Bertz CT molecular complexity index is 682. The van der Waals surface area contributed by atoms with Gasteiger partial charge in [0, 0.05) is 30.4 Å². The third-order valence-corrected chi connectivity index (χ3v) is 4.41. The van der Waals surface area contributed by atoms with Crippen molar-refractivity contribution in [3.05, 3.63) is 46.8 Å². The summed E-state index contributed by atoms with van der Waals surface area (Å²) in [5.41, 5.74) is 1.33. The summed E-state index contributed by atoms with van der Waals surface area (Å²) in [6.45, 7) is 4.49. The molecule has 2 aromatic heterocycles. The maximum Gasteiger partial charge on any atom is 0.272 e. The normalized spacial score (nSPS) is 12.2. The van der Waals surface area contributed by atoms with Crippen LogP contribution in [0.15, 0.2) is 35.4 Å². The van der Waals surface area contributed by atoms with Gasteiger partial charge in [0.25, 0.3) is 5.56 Å². The highest BCUT2D eigenvalue weighted by Crippen LogP contribution is 2.17. The molecule has 5 nitrogen and oxygen atoms in total. The van der Waals surface area contributed by atoms with Crippen LogP contribution in [0.5, 0.6) is 0 Å². The van der Waals surface area contributed by atoms with Crippen LogP contribution >= 0.6 is 0 Å². The first-order chi connectivity index (χ1) is 11.6. The van der Waals surface area contributed by atoms with Gasteiger partial charge in [-0.25, -0.2) is 9.66 Å². The molecule has 2 rings (SSSR count). The van der Waals surface area contributed by atoms with Crippen LogP contribution in [0.3, 0.4) is 0 Å². The van der Waals surface area contributed by atoms with Gasteiger partial charge in [0.05, 0.1) is 5.69 Å². The van der Waals surface area contributed by atoms with E-state index in [1.807, 2.05) is 12.1 Å². The summed E-state index contributed by atoms with van der Waals surface area (Å²) in [6, 6.07) is 5.18. The topological polar surface area (TPSA) is 73.8 Å². The maximum atomic E-state index is 12.1. The van der Waals surface area contributed by atoms with Crippen molar-refractivity contribution in [2.45, 2.75) is 58.8 Å². The van der Waals surface area contributed by atoms with Gasteiger partial charge in [-0.15, -0.1) is 0 Å². The van der Waals surface area contributed by atoms with Crippen molar-refractivity contribution in [3.63, 3.8) is 0 Å². The van der Waals surface area contributed by atoms with Gasteiger partial charge in [0.2, 0.25) is 0 Å². The van der Waals surface area contributed by atoms with Gasteiger partial charge >= 0.3 is 0 Å². The Morgan fingerprint density at radius 1 is 1.17 bits per heavy atom. The van der Waals surface area contributed by atoms with Crippen molar-refractivity contribution in [2.24, 2.45) is 5.92 Å². The van der Waals surface area contributed by atoms with Gasteiger partial charge in [0.1, 0.15) is 5.82 Å². The van der Waals surface area contributed by atoms with Crippen LogP contribution in [-0.4, -0.2) is 14.6 Å². The fourth-order valence-corrected chi connectivity index (χ4v) is 2.83. The van der Waals surface area contributed by atoms with Crippen molar-refractivity contribution in [2.75, 3.05) is 5.84 Å². The fourth-order valence-electron chi connectivity index (χ4n) is 2.83. The number of nitrogens with zero attached hydrogens (tertiary/aromatic N) is 3. The van der Waals surface area contributed by atoms with Gasteiger partial charge in [-0.3, -0.25) is 9.78 Å². The Balaban J connectivity index is 2.02. The van der Waals surface area contributed by atoms with Crippen molar-refractivity contribution >= 4 is 0 Å². The van der Waals surface area contributed by atoms with Crippen molar-refractivity contribution in [3.8, 4) is 11.3 Å². The second-order valence-electron chi connectivity index (χ2n) is 6.49. The molecule has 0 saturated heterocycles. The number of hydrogen-bond donors (Lipinski definition) is 1. The molecule has 0 amide bonds. The molecule has 2 N–H and O–H groups in total. The molecule has 0 bridgehead atoms. The van der Waals surface area contributed by atoms with E-state index in [9.17, 15) is 4.79 Å². The number of nitrogen functional groups attached to an aromatic ring is 1. The van der Waals surface area contributed by atoms with Gasteiger partial charge in [-0.05, 0) is 24.5 Å². The van der Waals surface area contributed by atoms with E-state index in [1.165, 1.54) is 42.8 Å². The van der Waals surface area contributed by atoms with Crippen LogP contribution < -0.4 is 11.4 Å². The summed E-state index contributed by atoms with van der Waals surface area (Å²) < 4.78 is 1.18. The standard InChI is InChI=1S/C19H28N4O/c1-3-4-5-6-7-15(2)8-9-18-22-17(14-19(24)23(18)20)16-10-12-21-13-11-16/h10-15H,3-9,20H2,1-2H3. The van der Waals surface area contributed by atoms with Gasteiger partial charge in [-0.2, -0.15) is 0 Å². The molecule has 0 aliphatic rings. The summed E-state index contributed by atoms with van der Waals surface area (Å²) in [5, 5.41) is 0. The fraction of sp³-hybridized carbons (Fsp3) is 0.526. The molecule has 0 spiro atoms. The number of pyridine rings is 1. The number of hydrogen-bond acceptors (Lipinski definition) is 4. The Kier molecular flexibility index (Phi) is 6.97. The third-order valence-electron chi connectivity index (χ3n) is 4.41. The van der Waals surface area contributed by atoms with Crippen molar-refractivity contribution in [1.29, 1.82) is 0 Å². The summed E-state index contributed by atoms with van der Waals surface area (Å²) in [7, 11) is 0. The summed E-state index contributed by atoms with van der Waals surface area (Å²) in [4.78, 5) is 20.7. The van der Waals surface area contributed by atoms with Gasteiger partial charge in [-0.1, -0.05) is 46.0 Å². The van der Waals surface area contributed by atoms with Crippen LogP contribution in [0, 0.1) is 5.92 Å². The van der Waals surface area contributed by atoms with E-state index in [2.05, 4.69) is 23.8 Å². The zero-order valence-electron chi connectivity index (χ0n) is 14.7. The van der Waals surface area contributed by atoms with E-state index in [4.69, 9.17) is 5.84 Å². The molecule has 0 radical (unpaired) electrons. The first kappa shape index (κ1) is 18.2. The number of aromatic nitrogens is 3. The van der Waals surface area contributed by atoms with Crippen LogP contribution in [0.25, 0.3) is 11.3 Å². The molecule has 2 aromatic rings. The molecular weight excluding hydrogens is 300 g/mol. The molecule has 130 valence electrons. The zero-order valence-corrected chi connectivity index (χ0v) is 14.7. The van der Waals surface area contributed by atoms with Crippen LogP contribution in [0.4, 0.5) is 0 Å². The Hall–Kier alpha value is -2.17. The second-order valence-corrected chi connectivity index (χ2v) is 6.49. The minimum atomic E-state index is -0.220. The molecule has 2 heterocycles. The van der Waals surface area contributed by atoms with E-state index >= 15 is 0 Å². The second kappa shape index (κ2) is 9.21. The van der Waals surface area contributed by atoms with Crippen molar-refractivity contribution in [1.82, 2.24) is 14.6 Å². The molecule has 24 heavy (non-hydrogen) atoms. The predicted octanol–water partition coefficient (Wildman–Crippen LogP) is 3.56. The molecule has 5 heteroatoms. The van der Waals surface area contributed by atoms with Gasteiger partial charge < -0.3 is 5.84 Å². The third kappa shape index (κ3) is 5.18. The van der Waals surface area contributed by atoms with Gasteiger partial charge in [0.15, 0.2) is 0 Å². The average Bonchev–Trinajstić information content (AvgIpc) is 2.60. The predicted molar refractivity (Wildman–Crippen MR) is 98.1 cm³/mol. The highest BCUT2D eigenvalue weighted by Gasteiger charge is 2.10. The summed E-state index contributed by atoms with van der Waals surface area (Å²) >= 11 is 0. The quantitative estimate of drug-likeness (QED) is 0.564. The minimum absolute atomic E-state index is 0.220. The number of aryl methyl sites for hydroxylation is 1. The van der Waals surface area contributed by atoms with Crippen LogP contribution in [-0.2, 0) is 6.42 Å². The Morgan fingerprint density at radius 2 is 1.92 bits per heavy atom. The van der Waals surface area contributed by atoms with E-state index < -0.39 is 0 Å². The monoisotopic (exact) mass is 328 g/mol. The lowest BCUT2D eigenvalue weighted by Crippen LogP contribution is -2.31. The SMILES string of the molecule is CCCCCCC(C)CCc1nc(-c2ccncc2)cc(=O)n1N. The Morgan fingerprint density at radius 3 is 2.62 bits per heavy atom. The molecule has 1 unspecified atom stereocenters. The number of unbranched alkanes of at least 4 members (excludes halogenated alkanes) is 3. The smallest absolute Gasteiger partial charge is 0.272 e. The minimum Gasteiger partial charge on any atom is -0.335 e. The molecule has 0 saturated carbocycles. The van der Waals surface area contributed by atoms with Crippen LogP contribution in [0.2, 0.25) is 0 Å². The molecule has 0 aromatic carbocycles. The van der Waals surface area contributed by atoms with E-state index in [-0.39, 0.29) is 5.56 Å². The average molecular weight is 328 g/mol. The molecular formula is C19H28N4O. The number of nitrogens with two attached hydrogens (primary N) is 1. The van der Waals surface area contributed by atoms with E-state index in [0.717, 1.165) is 18.4 Å². The first-order valence-corrected chi connectivity index (χ1v) is 8.90. The molecule has 1 atom stereocenters. The van der Waals surface area contributed by atoms with Crippen LogP contribution in [0.1, 0.15) is 58.2 Å². The van der Waals surface area contributed by atoms with E-state index in [0.29, 0.717) is 17.4 Å². The highest BCUT2D eigenvalue weighted by molar-refractivity contribution is 5.57. The maximum absolute atomic E-state index is 12.1. The molecule has 0 fully saturated rings. The molecule has 0 aliphatic carbocycles. The lowest BCUT2D eigenvalue weighted by atomic mass is 9.97. The summed E-state index contributed by atoms with van der Waals surface area (Å²) in [5.74, 6) is 7.15. The van der Waals surface area contributed by atoms with E-state index in [1.54, 1.807) is 12.4 Å². The first-order valence-electron chi connectivity index (χ1n) is 8.90. The van der Waals surface area contributed by atoms with Crippen molar-refractivity contribution < 1.29 is 0 Å². The largest absolute Gasteiger partial charge is 0.335 e. The lowest BCUT2D eigenvalue weighted by Gasteiger charge is -2.13. The zero-order chi connectivity index (χ0) is 17.4.